The minimum atomic E-state index is -0.0984. The van der Waals surface area contributed by atoms with Gasteiger partial charge in [-0.05, 0) is 32.1 Å². The molecule has 1 saturated heterocycles. The van der Waals surface area contributed by atoms with Gasteiger partial charge in [-0.2, -0.15) is 0 Å². The monoisotopic (exact) mass is 169 g/mol. The van der Waals surface area contributed by atoms with Crippen LogP contribution in [0.1, 0.15) is 32.1 Å². The molecule has 3 heteroatoms. The van der Waals surface area contributed by atoms with Crippen molar-refractivity contribution in [2.24, 2.45) is 0 Å². The van der Waals surface area contributed by atoms with E-state index in [1.165, 1.54) is 26.4 Å². The maximum atomic E-state index is 11.2. The van der Waals surface area contributed by atoms with Gasteiger partial charge in [-0.25, -0.2) is 0 Å². The smallest absolute Gasteiger partial charge is 0.322 e. The van der Waals surface area contributed by atoms with Crippen LogP contribution in [0.2, 0.25) is 0 Å². The molecule has 12 heavy (non-hydrogen) atoms. The number of esters is 1. The zero-order chi connectivity index (χ0) is 8.60. The van der Waals surface area contributed by atoms with Crippen molar-refractivity contribution >= 4 is 5.97 Å². The van der Waals surface area contributed by atoms with Crippen LogP contribution in [0.25, 0.3) is 0 Å². The summed E-state index contributed by atoms with van der Waals surface area (Å²) in [5, 5.41) is 3.38. The molecule has 2 aliphatic rings. The highest BCUT2D eigenvalue weighted by molar-refractivity contribution is 5.76. The van der Waals surface area contributed by atoms with Crippen LogP contribution in [-0.2, 0) is 9.53 Å². The summed E-state index contributed by atoms with van der Waals surface area (Å²) in [5.41, 5.74) is 0.318. The molecule has 0 aromatic heterocycles. The molecule has 1 spiro atoms. The molecule has 0 aromatic carbocycles. The van der Waals surface area contributed by atoms with Gasteiger partial charge >= 0.3 is 5.97 Å². The molecule has 3 nitrogen and oxygen atoms in total. The molecule has 1 unspecified atom stereocenters. The lowest BCUT2D eigenvalue weighted by atomic mass is 9.76. The van der Waals surface area contributed by atoms with Crippen LogP contribution in [0.4, 0.5) is 0 Å². The van der Waals surface area contributed by atoms with Crippen molar-refractivity contribution in [3.63, 3.8) is 0 Å². The van der Waals surface area contributed by atoms with E-state index in [1.807, 2.05) is 0 Å². The average Bonchev–Trinajstić information content (AvgIpc) is 2.46. The fourth-order valence-electron chi connectivity index (χ4n) is 2.25. The van der Waals surface area contributed by atoms with E-state index in [-0.39, 0.29) is 12.0 Å². The molecule has 1 aliphatic heterocycles. The number of methoxy groups -OCH3 is 1. The third-order valence-electron chi connectivity index (χ3n) is 3.19. The van der Waals surface area contributed by atoms with E-state index in [0.29, 0.717) is 5.54 Å². The highest BCUT2D eigenvalue weighted by Gasteiger charge is 2.45. The first-order chi connectivity index (χ1) is 5.76. The lowest BCUT2D eigenvalue weighted by Crippen LogP contribution is -2.50. The molecule has 1 aliphatic carbocycles. The van der Waals surface area contributed by atoms with E-state index >= 15 is 0 Å². The van der Waals surface area contributed by atoms with Gasteiger partial charge in [0.25, 0.3) is 0 Å². The van der Waals surface area contributed by atoms with Crippen molar-refractivity contribution in [1.29, 1.82) is 0 Å². The maximum Gasteiger partial charge on any atom is 0.322 e. The molecule has 1 heterocycles. The highest BCUT2D eigenvalue weighted by atomic mass is 16.5. The molecular formula is C9H15NO2. The van der Waals surface area contributed by atoms with Crippen LogP contribution in [0, 0.1) is 0 Å². The third kappa shape index (κ3) is 1.12. The lowest BCUT2D eigenvalue weighted by molar-refractivity contribution is -0.143. The van der Waals surface area contributed by atoms with Gasteiger partial charge < -0.3 is 4.74 Å². The van der Waals surface area contributed by atoms with Crippen LogP contribution < -0.4 is 5.32 Å². The number of carbonyl (C=O) groups is 1. The van der Waals surface area contributed by atoms with E-state index in [4.69, 9.17) is 4.74 Å². The summed E-state index contributed by atoms with van der Waals surface area (Å²) >= 11 is 0. The first-order valence-corrected chi connectivity index (χ1v) is 4.61. The van der Waals surface area contributed by atoms with Gasteiger partial charge in [0.2, 0.25) is 0 Å². The summed E-state index contributed by atoms with van der Waals surface area (Å²) < 4.78 is 4.69. The van der Waals surface area contributed by atoms with Gasteiger partial charge in [0.1, 0.15) is 6.04 Å². The van der Waals surface area contributed by atoms with Crippen LogP contribution in [0.15, 0.2) is 0 Å². The van der Waals surface area contributed by atoms with E-state index in [0.717, 1.165) is 12.8 Å². The van der Waals surface area contributed by atoms with Gasteiger partial charge in [0.15, 0.2) is 0 Å². The van der Waals surface area contributed by atoms with Crippen LogP contribution >= 0.6 is 0 Å². The lowest BCUT2D eigenvalue weighted by Gasteiger charge is -2.39. The number of rotatable bonds is 1. The molecular weight excluding hydrogens is 154 g/mol. The number of carbonyl (C=O) groups excluding carboxylic acids is 1. The van der Waals surface area contributed by atoms with Crippen molar-refractivity contribution in [3.8, 4) is 0 Å². The summed E-state index contributed by atoms with van der Waals surface area (Å²) in [6, 6.07) is -0.0321. The summed E-state index contributed by atoms with van der Waals surface area (Å²) in [5.74, 6) is -0.0984. The van der Waals surface area contributed by atoms with E-state index < -0.39 is 0 Å². The molecule has 68 valence electrons. The summed E-state index contributed by atoms with van der Waals surface area (Å²) in [7, 11) is 1.45. The SMILES string of the molecule is COC(=O)C1CCC2(CCC2)N1. The average molecular weight is 169 g/mol. The van der Waals surface area contributed by atoms with Crippen molar-refractivity contribution in [2.45, 2.75) is 43.7 Å². The van der Waals surface area contributed by atoms with Crippen LogP contribution in [-0.4, -0.2) is 24.7 Å². The van der Waals surface area contributed by atoms with Gasteiger partial charge in [-0.15, -0.1) is 0 Å². The second-order valence-corrected chi connectivity index (χ2v) is 3.89. The van der Waals surface area contributed by atoms with Gasteiger partial charge in [-0.1, -0.05) is 0 Å². The second kappa shape index (κ2) is 2.73. The van der Waals surface area contributed by atoms with Gasteiger partial charge in [-0.3, -0.25) is 10.1 Å². The summed E-state index contributed by atoms with van der Waals surface area (Å²) in [4.78, 5) is 11.2. The van der Waals surface area contributed by atoms with Crippen molar-refractivity contribution < 1.29 is 9.53 Å². The van der Waals surface area contributed by atoms with E-state index in [1.54, 1.807) is 0 Å². The molecule has 2 fully saturated rings. The largest absolute Gasteiger partial charge is 0.468 e. The third-order valence-corrected chi connectivity index (χ3v) is 3.19. The van der Waals surface area contributed by atoms with Crippen molar-refractivity contribution in [1.82, 2.24) is 5.32 Å². The topological polar surface area (TPSA) is 38.3 Å². The number of ether oxygens (including phenoxy) is 1. The zero-order valence-corrected chi connectivity index (χ0v) is 7.43. The predicted octanol–water partition coefficient (Wildman–Crippen LogP) is 0.834. The number of hydrogen-bond acceptors (Lipinski definition) is 3. The van der Waals surface area contributed by atoms with Crippen LogP contribution in [0.5, 0.6) is 0 Å². The Kier molecular flexibility index (Phi) is 1.83. The minimum absolute atomic E-state index is 0.0321. The van der Waals surface area contributed by atoms with Crippen molar-refractivity contribution in [3.05, 3.63) is 0 Å². The Morgan fingerprint density at radius 2 is 2.25 bits per heavy atom. The van der Waals surface area contributed by atoms with Gasteiger partial charge in [0, 0.05) is 5.54 Å². The summed E-state index contributed by atoms with van der Waals surface area (Å²) in [6.45, 7) is 0. The van der Waals surface area contributed by atoms with Crippen LogP contribution in [0.3, 0.4) is 0 Å². The zero-order valence-electron chi connectivity index (χ0n) is 7.43. The van der Waals surface area contributed by atoms with E-state index in [2.05, 4.69) is 5.32 Å². The maximum absolute atomic E-state index is 11.2. The Morgan fingerprint density at radius 3 is 2.67 bits per heavy atom. The highest BCUT2D eigenvalue weighted by Crippen LogP contribution is 2.40. The number of nitrogens with one attached hydrogen (secondary N) is 1. The molecule has 1 atom stereocenters. The fourth-order valence-corrected chi connectivity index (χ4v) is 2.25. The Balaban J connectivity index is 1.93. The minimum Gasteiger partial charge on any atom is -0.468 e. The molecule has 0 amide bonds. The predicted molar refractivity (Wildman–Crippen MR) is 44.8 cm³/mol. The van der Waals surface area contributed by atoms with E-state index in [9.17, 15) is 4.79 Å². The Labute approximate surface area is 72.5 Å². The Hall–Kier alpha value is -0.570. The molecule has 1 saturated carbocycles. The van der Waals surface area contributed by atoms with Crippen molar-refractivity contribution in [2.75, 3.05) is 7.11 Å². The van der Waals surface area contributed by atoms with Gasteiger partial charge in [0.05, 0.1) is 7.11 Å². The fraction of sp³-hybridized carbons (Fsp3) is 0.889. The quantitative estimate of drug-likeness (QED) is 0.591. The molecule has 0 bridgehead atoms. The molecule has 0 radical (unpaired) electrons. The first-order valence-electron chi connectivity index (χ1n) is 4.61. The normalized spacial score (nSPS) is 31.6. The standard InChI is InChI=1S/C9H15NO2/c1-12-8(11)7-3-6-9(10-7)4-2-5-9/h7,10H,2-6H2,1H3. The first kappa shape index (κ1) is 8.05. The Morgan fingerprint density at radius 1 is 1.50 bits per heavy atom. The Bertz CT molecular complexity index is 199. The number of hydrogen-bond donors (Lipinski definition) is 1. The molecule has 1 N–H and O–H groups in total. The molecule has 2 rings (SSSR count). The second-order valence-electron chi connectivity index (χ2n) is 3.89. The molecule has 0 aromatic rings. The summed E-state index contributed by atoms with van der Waals surface area (Å²) in [6.07, 6.45) is 5.88.